The molecule has 0 radical (unpaired) electrons. The summed E-state index contributed by atoms with van der Waals surface area (Å²) >= 11 is 1.47. The molecule has 0 aliphatic heterocycles. The van der Waals surface area contributed by atoms with Gasteiger partial charge in [-0.3, -0.25) is 25.2 Å². The van der Waals surface area contributed by atoms with Crippen molar-refractivity contribution in [2.75, 3.05) is 0 Å². The van der Waals surface area contributed by atoms with Crippen LogP contribution < -0.4 is 10.9 Å². The molecule has 1 aromatic rings. The molecular formula is C15H18N2O4S. The van der Waals surface area contributed by atoms with Gasteiger partial charge in [0.1, 0.15) is 0 Å². The Morgan fingerprint density at radius 1 is 1.14 bits per heavy atom. The highest BCUT2D eigenvalue weighted by atomic mass is 32.1. The van der Waals surface area contributed by atoms with Crippen LogP contribution in [0.25, 0.3) is 0 Å². The lowest BCUT2D eigenvalue weighted by Gasteiger charge is -2.24. The first-order valence-corrected chi connectivity index (χ1v) is 7.82. The molecule has 1 aliphatic carbocycles. The molecule has 0 saturated carbocycles. The number of nitrogens with one attached hydrogen (secondary N) is 2. The lowest BCUT2D eigenvalue weighted by Crippen LogP contribution is -2.47. The topological polar surface area (TPSA) is 95.5 Å². The van der Waals surface area contributed by atoms with Crippen LogP contribution in [0.3, 0.4) is 0 Å². The zero-order chi connectivity index (χ0) is 16.3. The Morgan fingerprint density at radius 2 is 1.77 bits per heavy atom. The Bertz CT molecular complexity index is 635. The number of aliphatic carboxylic acids is 1. The molecule has 2 amide bonds. The fraction of sp³-hybridized carbons (Fsp3) is 0.400. The first-order chi connectivity index (χ1) is 10.4. The predicted molar refractivity (Wildman–Crippen MR) is 82.4 cm³/mol. The molecule has 1 aliphatic rings. The highest BCUT2D eigenvalue weighted by molar-refractivity contribution is 7.10. The Labute approximate surface area is 132 Å². The third kappa shape index (κ3) is 3.36. The lowest BCUT2D eigenvalue weighted by molar-refractivity contribution is -0.147. The molecule has 0 fully saturated rings. The summed E-state index contributed by atoms with van der Waals surface area (Å²) in [6.07, 6.45) is 4.23. The summed E-state index contributed by atoms with van der Waals surface area (Å²) in [6, 6.07) is 0. The van der Waals surface area contributed by atoms with Crippen LogP contribution in [0.1, 0.15) is 33.6 Å². The van der Waals surface area contributed by atoms with Crippen LogP contribution in [0, 0.1) is 25.7 Å². The zero-order valence-corrected chi connectivity index (χ0v) is 13.2. The largest absolute Gasteiger partial charge is 0.481 e. The van der Waals surface area contributed by atoms with E-state index in [4.69, 9.17) is 5.11 Å². The van der Waals surface area contributed by atoms with Gasteiger partial charge >= 0.3 is 5.97 Å². The Hall–Kier alpha value is -2.15. The number of allylic oxidation sites excluding steroid dienone is 2. The number of thiophene rings is 1. The number of amides is 2. The molecule has 22 heavy (non-hydrogen) atoms. The van der Waals surface area contributed by atoms with E-state index in [0.717, 1.165) is 10.4 Å². The molecule has 0 aromatic carbocycles. The molecule has 0 spiro atoms. The number of carbonyl (C=O) groups excluding carboxylic acids is 2. The van der Waals surface area contributed by atoms with Crippen LogP contribution in [0.5, 0.6) is 0 Å². The van der Waals surface area contributed by atoms with E-state index in [1.54, 1.807) is 17.5 Å². The molecule has 0 saturated heterocycles. The number of hydrogen-bond acceptors (Lipinski definition) is 4. The van der Waals surface area contributed by atoms with Crippen LogP contribution in [0.2, 0.25) is 0 Å². The fourth-order valence-electron chi connectivity index (χ4n) is 2.39. The molecule has 6 nitrogen and oxygen atoms in total. The summed E-state index contributed by atoms with van der Waals surface area (Å²) in [6.45, 7) is 3.76. The van der Waals surface area contributed by atoms with Gasteiger partial charge in [-0.2, -0.15) is 0 Å². The van der Waals surface area contributed by atoms with Crippen LogP contribution in [0.15, 0.2) is 17.5 Å². The standard InChI is InChI=1S/C15H18N2O4S/c1-8-9(2)22-7-12(8)14(19)17-16-13(18)10-5-3-4-6-11(10)15(20)21/h3-4,7,10-11H,5-6H2,1-2H3,(H,16,18)(H,17,19)(H,20,21)/t10-,11+/m1/s1. The molecular weight excluding hydrogens is 304 g/mol. The maximum atomic E-state index is 12.1. The SMILES string of the molecule is Cc1scc(C(=O)NNC(=O)[C@@H]2CC=CC[C@@H]2C(=O)O)c1C. The van der Waals surface area contributed by atoms with Gasteiger partial charge in [-0.05, 0) is 32.3 Å². The van der Waals surface area contributed by atoms with E-state index in [2.05, 4.69) is 10.9 Å². The average Bonchev–Trinajstić information content (AvgIpc) is 2.84. The number of carbonyl (C=O) groups is 3. The van der Waals surface area contributed by atoms with Crippen molar-refractivity contribution in [1.82, 2.24) is 10.9 Å². The monoisotopic (exact) mass is 322 g/mol. The van der Waals surface area contributed by atoms with Gasteiger partial charge in [-0.1, -0.05) is 12.2 Å². The molecule has 0 unspecified atom stereocenters. The molecule has 1 aromatic heterocycles. The van der Waals surface area contributed by atoms with Crippen molar-refractivity contribution >= 4 is 29.1 Å². The summed E-state index contributed by atoms with van der Waals surface area (Å²) < 4.78 is 0. The van der Waals surface area contributed by atoms with E-state index in [-0.39, 0.29) is 0 Å². The minimum Gasteiger partial charge on any atom is -0.481 e. The lowest BCUT2D eigenvalue weighted by atomic mass is 9.82. The van der Waals surface area contributed by atoms with Gasteiger partial charge in [0.05, 0.1) is 17.4 Å². The van der Waals surface area contributed by atoms with Crippen molar-refractivity contribution in [3.8, 4) is 0 Å². The highest BCUT2D eigenvalue weighted by Gasteiger charge is 2.34. The number of hydrogen-bond donors (Lipinski definition) is 3. The van der Waals surface area contributed by atoms with Gasteiger partial charge in [0.2, 0.25) is 5.91 Å². The van der Waals surface area contributed by atoms with Crippen molar-refractivity contribution in [3.63, 3.8) is 0 Å². The van der Waals surface area contributed by atoms with Gasteiger partial charge in [0.15, 0.2) is 0 Å². The Morgan fingerprint density at radius 3 is 2.32 bits per heavy atom. The summed E-state index contributed by atoms with van der Waals surface area (Å²) in [7, 11) is 0. The fourth-order valence-corrected chi connectivity index (χ4v) is 3.26. The minimum atomic E-state index is -1.000. The van der Waals surface area contributed by atoms with E-state index in [9.17, 15) is 14.4 Å². The third-order valence-electron chi connectivity index (χ3n) is 3.92. The highest BCUT2D eigenvalue weighted by Crippen LogP contribution is 2.26. The van der Waals surface area contributed by atoms with Crippen LogP contribution in [0.4, 0.5) is 0 Å². The summed E-state index contributed by atoms with van der Waals surface area (Å²) in [4.78, 5) is 36.4. The summed E-state index contributed by atoms with van der Waals surface area (Å²) in [5.41, 5.74) is 6.09. The Balaban J connectivity index is 1.97. The van der Waals surface area contributed by atoms with Gasteiger partial charge in [-0.25, -0.2) is 0 Å². The molecule has 1 heterocycles. The van der Waals surface area contributed by atoms with Crippen molar-refractivity contribution in [2.24, 2.45) is 11.8 Å². The summed E-state index contributed by atoms with van der Waals surface area (Å²) in [5, 5.41) is 10.9. The number of rotatable bonds is 3. The third-order valence-corrected chi connectivity index (χ3v) is 4.93. The number of carboxylic acids is 1. The summed E-state index contributed by atoms with van der Waals surface area (Å²) in [5.74, 6) is -3.30. The molecule has 2 rings (SSSR count). The van der Waals surface area contributed by atoms with E-state index in [1.165, 1.54) is 11.3 Å². The smallest absolute Gasteiger partial charge is 0.307 e. The van der Waals surface area contributed by atoms with Gasteiger partial charge in [0, 0.05) is 10.3 Å². The first kappa shape index (κ1) is 16.2. The van der Waals surface area contributed by atoms with Crippen LogP contribution in [-0.4, -0.2) is 22.9 Å². The van der Waals surface area contributed by atoms with Gasteiger partial charge < -0.3 is 5.11 Å². The van der Waals surface area contributed by atoms with Crippen LogP contribution in [-0.2, 0) is 9.59 Å². The maximum absolute atomic E-state index is 12.1. The second-order valence-electron chi connectivity index (χ2n) is 5.27. The average molecular weight is 322 g/mol. The molecule has 118 valence electrons. The zero-order valence-electron chi connectivity index (χ0n) is 12.4. The van der Waals surface area contributed by atoms with Crippen molar-refractivity contribution in [1.29, 1.82) is 0 Å². The molecule has 0 bridgehead atoms. The van der Waals surface area contributed by atoms with Gasteiger partial charge in [-0.15, -0.1) is 11.3 Å². The number of carboxylic acid groups (broad SMARTS) is 1. The second kappa shape index (κ2) is 6.74. The van der Waals surface area contributed by atoms with E-state index in [0.29, 0.717) is 18.4 Å². The second-order valence-corrected chi connectivity index (χ2v) is 6.35. The molecule has 7 heteroatoms. The first-order valence-electron chi connectivity index (χ1n) is 6.94. The predicted octanol–water partition coefficient (Wildman–Crippen LogP) is 1.79. The van der Waals surface area contributed by atoms with E-state index < -0.39 is 29.6 Å². The minimum absolute atomic E-state index is 0.324. The Kier molecular flexibility index (Phi) is 4.97. The normalized spacial score (nSPS) is 20.5. The van der Waals surface area contributed by atoms with Crippen molar-refractivity contribution < 1.29 is 19.5 Å². The van der Waals surface area contributed by atoms with Crippen LogP contribution >= 0.6 is 11.3 Å². The van der Waals surface area contributed by atoms with Crippen molar-refractivity contribution in [3.05, 3.63) is 33.5 Å². The van der Waals surface area contributed by atoms with E-state index in [1.807, 2.05) is 13.8 Å². The molecule has 3 N–H and O–H groups in total. The van der Waals surface area contributed by atoms with Crippen molar-refractivity contribution in [2.45, 2.75) is 26.7 Å². The van der Waals surface area contributed by atoms with E-state index >= 15 is 0 Å². The molecule has 2 atom stereocenters. The number of hydrazine groups is 1. The maximum Gasteiger partial charge on any atom is 0.307 e. The van der Waals surface area contributed by atoms with Gasteiger partial charge in [0.25, 0.3) is 5.91 Å². The number of aryl methyl sites for hydroxylation is 1. The quantitative estimate of drug-likeness (QED) is 0.584.